The molecule has 1 atom stereocenters. The van der Waals surface area contributed by atoms with Crippen LogP contribution in [0.15, 0.2) is 18.5 Å². The summed E-state index contributed by atoms with van der Waals surface area (Å²) in [6.07, 6.45) is 3.19. The largest absolute Gasteiger partial charge is 0.397 e. The summed E-state index contributed by atoms with van der Waals surface area (Å²) in [5.74, 6) is 0.0115. The molecule has 0 aliphatic heterocycles. The molecule has 1 rings (SSSR count). The van der Waals surface area contributed by atoms with Crippen molar-refractivity contribution in [2.24, 2.45) is 0 Å². The van der Waals surface area contributed by atoms with Crippen LogP contribution in [0.1, 0.15) is 6.92 Å². The van der Waals surface area contributed by atoms with Gasteiger partial charge in [-0.2, -0.15) is 0 Å². The third-order valence-electron chi connectivity index (χ3n) is 1.95. The third kappa shape index (κ3) is 3.12. The lowest BCUT2D eigenvalue weighted by molar-refractivity contribution is -0.129. The second-order valence-electron chi connectivity index (χ2n) is 3.61. The summed E-state index contributed by atoms with van der Waals surface area (Å²) >= 11 is 0. The number of pyridine rings is 1. The fourth-order valence-corrected chi connectivity index (χ4v) is 1.24. The standard InChI is InChI=1S/C10H16N4O/c1-7(10(15)14(2)3)13-9-4-8(11)5-12-6-9/h4-7,13H,11H2,1-3H3. The van der Waals surface area contributed by atoms with E-state index in [0.717, 1.165) is 5.69 Å². The number of nitrogens with two attached hydrogens (primary N) is 1. The zero-order chi connectivity index (χ0) is 11.4. The Kier molecular flexibility index (Phi) is 3.49. The van der Waals surface area contributed by atoms with Crippen molar-refractivity contribution in [2.75, 3.05) is 25.1 Å². The molecular weight excluding hydrogens is 192 g/mol. The topological polar surface area (TPSA) is 71.2 Å². The number of nitrogens with one attached hydrogen (secondary N) is 1. The molecule has 0 aromatic carbocycles. The Balaban J connectivity index is 2.66. The first-order chi connectivity index (χ1) is 7.00. The van der Waals surface area contributed by atoms with E-state index < -0.39 is 0 Å². The van der Waals surface area contributed by atoms with E-state index in [4.69, 9.17) is 5.73 Å². The minimum atomic E-state index is -0.288. The molecule has 1 aromatic heterocycles. The van der Waals surface area contributed by atoms with Gasteiger partial charge < -0.3 is 16.0 Å². The zero-order valence-electron chi connectivity index (χ0n) is 9.19. The lowest BCUT2D eigenvalue weighted by Crippen LogP contribution is -2.36. The maximum atomic E-state index is 11.5. The number of amides is 1. The SMILES string of the molecule is CC(Nc1cncc(N)c1)C(=O)N(C)C. The second kappa shape index (κ2) is 4.63. The molecule has 15 heavy (non-hydrogen) atoms. The quantitative estimate of drug-likeness (QED) is 0.761. The van der Waals surface area contributed by atoms with E-state index in [0.29, 0.717) is 5.69 Å². The number of rotatable bonds is 3. The smallest absolute Gasteiger partial charge is 0.244 e. The predicted molar refractivity (Wildman–Crippen MR) is 60.4 cm³/mol. The van der Waals surface area contributed by atoms with Crippen LogP contribution in [0.3, 0.4) is 0 Å². The lowest BCUT2D eigenvalue weighted by atomic mass is 10.2. The lowest BCUT2D eigenvalue weighted by Gasteiger charge is -2.18. The van der Waals surface area contributed by atoms with Gasteiger partial charge in [-0.1, -0.05) is 0 Å². The number of nitrogen functional groups attached to an aromatic ring is 1. The van der Waals surface area contributed by atoms with Crippen LogP contribution in [-0.4, -0.2) is 35.9 Å². The molecule has 1 amide bonds. The number of hydrogen-bond acceptors (Lipinski definition) is 4. The molecule has 0 aliphatic rings. The molecule has 5 nitrogen and oxygen atoms in total. The molecule has 1 unspecified atom stereocenters. The van der Waals surface area contributed by atoms with Crippen molar-refractivity contribution in [2.45, 2.75) is 13.0 Å². The fraction of sp³-hybridized carbons (Fsp3) is 0.400. The van der Waals surface area contributed by atoms with Gasteiger partial charge in [0.15, 0.2) is 0 Å². The van der Waals surface area contributed by atoms with Crippen LogP contribution in [0.25, 0.3) is 0 Å². The van der Waals surface area contributed by atoms with Crippen molar-refractivity contribution >= 4 is 17.3 Å². The van der Waals surface area contributed by atoms with Gasteiger partial charge in [-0.15, -0.1) is 0 Å². The summed E-state index contributed by atoms with van der Waals surface area (Å²) in [5, 5.41) is 3.03. The van der Waals surface area contributed by atoms with Gasteiger partial charge in [0.25, 0.3) is 0 Å². The Bertz CT molecular complexity index is 351. The first-order valence-corrected chi connectivity index (χ1v) is 4.69. The Morgan fingerprint density at radius 2 is 2.20 bits per heavy atom. The summed E-state index contributed by atoms with van der Waals surface area (Å²) in [5.41, 5.74) is 6.89. The highest BCUT2D eigenvalue weighted by Gasteiger charge is 2.14. The molecule has 0 saturated carbocycles. The molecule has 0 radical (unpaired) electrons. The zero-order valence-corrected chi connectivity index (χ0v) is 9.19. The molecule has 0 spiro atoms. The summed E-state index contributed by atoms with van der Waals surface area (Å²) in [4.78, 5) is 17.0. The summed E-state index contributed by atoms with van der Waals surface area (Å²) in [6, 6.07) is 1.45. The van der Waals surface area contributed by atoms with Gasteiger partial charge in [0.05, 0.1) is 17.6 Å². The monoisotopic (exact) mass is 208 g/mol. The molecule has 0 aliphatic carbocycles. The van der Waals surface area contributed by atoms with E-state index in [1.807, 2.05) is 0 Å². The second-order valence-corrected chi connectivity index (χ2v) is 3.61. The van der Waals surface area contributed by atoms with E-state index in [9.17, 15) is 4.79 Å². The van der Waals surface area contributed by atoms with Crippen LogP contribution in [0.4, 0.5) is 11.4 Å². The first-order valence-electron chi connectivity index (χ1n) is 4.69. The van der Waals surface area contributed by atoms with Crippen LogP contribution < -0.4 is 11.1 Å². The number of nitrogens with zero attached hydrogens (tertiary/aromatic N) is 2. The van der Waals surface area contributed by atoms with E-state index in [2.05, 4.69) is 10.3 Å². The van der Waals surface area contributed by atoms with E-state index >= 15 is 0 Å². The molecule has 3 N–H and O–H groups in total. The Morgan fingerprint density at radius 3 is 2.73 bits per heavy atom. The molecule has 0 fully saturated rings. The van der Waals surface area contributed by atoms with Crippen molar-refractivity contribution in [3.05, 3.63) is 18.5 Å². The number of hydrogen-bond donors (Lipinski definition) is 2. The average molecular weight is 208 g/mol. The number of likely N-dealkylation sites (N-methyl/N-ethyl adjacent to an activating group) is 1. The predicted octanol–water partition coefficient (Wildman–Crippen LogP) is 0.552. The number of anilines is 2. The highest BCUT2D eigenvalue weighted by Crippen LogP contribution is 2.11. The summed E-state index contributed by atoms with van der Waals surface area (Å²) in [7, 11) is 3.44. The van der Waals surface area contributed by atoms with E-state index in [1.165, 1.54) is 4.90 Å². The summed E-state index contributed by atoms with van der Waals surface area (Å²) in [6.45, 7) is 1.80. The van der Waals surface area contributed by atoms with Gasteiger partial charge in [0, 0.05) is 20.3 Å². The van der Waals surface area contributed by atoms with Crippen LogP contribution in [0.5, 0.6) is 0 Å². The number of carbonyl (C=O) groups excluding carboxylic acids is 1. The average Bonchev–Trinajstić information content (AvgIpc) is 2.16. The van der Waals surface area contributed by atoms with Gasteiger partial charge in [-0.05, 0) is 13.0 Å². The molecule has 0 saturated heterocycles. The molecule has 1 heterocycles. The maximum Gasteiger partial charge on any atom is 0.244 e. The highest BCUT2D eigenvalue weighted by atomic mass is 16.2. The van der Waals surface area contributed by atoms with Crippen molar-refractivity contribution in [3.8, 4) is 0 Å². The highest BCUT2D eigenvalue weighted by molar-refractivity contribution is 5.83. The molecule has 0 bridgehead atoms. The minimum Gasteiger partial charge on any atom is -0.397 e. The fourth-order valence-electron chi connectivity index (χ4n) is 1.24. The van der Waals surface area contributed by atoms with Gasteiger partial charge in [-0.25, -0.2) is 0 Å². The summed E-state index contributed by atoms with van der Waals surface area (Å²) < 4.78 is 0. The van der Waals surface area contributed by atoms with E-state index in [-0.39, 0.29) is 11.9 Å². The van der Waals surface area contributed by atoms with Crippen LogP contribution in [0, 0.1) is 0 Å². The van der Waals surface area contributed by atoms with Gasteiger partial charge in [0.1, 0.15) is 6.04 Å². The first kappa shape index (κ1) is 11.3. The number of aromatic nitrogens is 1. The van der Waals surface area contributed by atoms with Crippen LogP contribution in [-0.2, 0) is 4.79 Å². The Labute approximate surface area is 89.3 Å². The van der Waals surface area contributed by atoms with Crippen molar-refractivity contribution in [1.29, 1.82) is 0 Å². The van der Waals surface area contributed by atoms with Gasteiger partial charge in [-0.3, -0.25) is 9.78 Å². The van der Waals surface area contributed by atoms with Crippen molar-refractivity contribution in [3.63, 3.8) is 0 Å². The third-order valence-corrected chi connectivity index (χ3v) is 1.95. The number of carbonyl (C=O) groups is 1. The Morgan fingerprint density at radius 1 is 1.53 bits per heavy atom. The normalized spacial score (nSPS) is 11.9. The van der Waals surface area contributed by atoms with Crippen molar-refractivity contribution in [1.82, 2.24) is 9.88 Å². The molecule has 1 aromatic rings. The Hall–Kier alpha value is -1.78. The van der Waals surface area contributed by atoms with Crippen molar-refractivity contribution < 1.29 is 4.79 Å². The molecular formula is C10H16N4O. The van der Waals surface area contributed by atoms with Gasteiger partial charge in [0.2, 0.25) is 5.91 Å². The van der Waals surface area contributed by atoms with Gasteiger partial charge >= 0.3 is 0 Å². The van der Waals surface area contributed by atoms with Crippen LogP contribution in [0.2, 0.25) is 0 Å². The minimum absolute atomic E-state index is 0.0115. The van der Waals surface area contributed by atoms with Crippen LogP contribution >= 0.6 is 0 Å². The maximum absolute atomic E-state index is 11.5. The van der Waals surface area contributed by atoms with E-state index in [1.54, 1.807) is 39.5 Å². The molecule has 5 heteroatoms. The molecule has 82 valence electrons.